The van der Waals surface area contributed by atoms with Crippen molar-refractivity contribution in [3.05, 3.63) is 30.1 Å². The third-order valence-corrected chi connectivity index (χ3v) is 4.52. The van der Waals surface area contributed by atoms with Gasteiger partial charge in [-0.3, -0.25) is 4.98 Å². The summed E-state index contributed by atoms with van der Waals surface area (Å²) in [5.41, 5.74) is 0.947. The van der Waals surface area contributed by atoms with Crippen LogP contribution in [0.15, 0.2) is 24.5 Å². The molecule has 18 heavy (non-hydrogen) atoms. The second-order valence-corrected chi connectivity index (χ2v) is 6.33. The van der Waals surface area contributed by atoms with Gasteiger partial charge < -0.3 is 5.32 Å². The summed E-state index contributed by atoms with van der Waals surface area (Å²) in [6, 6.07) is 3.65. The van der Waals surface area contributed by atoms with E-state index in [1.807, 2.05) is 19.1 Å². The van der Waals surface area contributed by atoms with Crippen LogP contribution >= 0.6 is 0 Å². The molecule has 0 saturated carbocycles. The normalized spacial score (nSPS) is 11.9. The quantitative estimate of drug-likeness (QED) is 0.712. The minimum atomic E-state index is -3.17. The Morgan fingerprint density at radius 3 is 2.61 bits per heavy atom. The Labute approximate surface area is 109 Å². The van der Waals surface area contributed by atoms with Crippen LogP contribution < -0.4 is 5.32 Å². The zero-order valence-electron chi connectivity index (χ0n) is 11.0. The summed E-state index contributed by atoms with van der Waals surface area (Å²) in [7, 11) is -1.55. The monoisotopic (exact) mass is 271 g/mol. The lowest BCUT2D eigenvalue weighted by atomic mass is 10.3. The van der Waals surface area contributed by atoms with Crippen LogP contribution in [0.3, 0.4) is 0 Å². The zero-order chi connectivity index (χ0) is 13.4. The van der Waals surface area contributed by atoms with E-state index in [0.717, 1.165) is 18.7 Å². The zero-order valence-corrected chi connectivity index (χ0v) is 11.8. The van der Waals surface area contributed by atoms with Crippen LogP contribution in [0.25, 0.3) is 0 Å². The largest absolute Gasteiger partial charge is 0.317 e. The lowest BCUT2D eigenvalue weighted by molar-refractivity contribution is 0.464. The van der Waals surface area contributed by atoms with Crippen molar-refractivity contribution >= 4 is 10.0 Å². The van der Waals surface area contributed by atoms with Crippen molar-refractivity contribution in [1.82, 2.24) is 14.6 Å². The standard InChI is InChI=1S/C12H21N3O2S/c1-3-13-7-4-10-18(16,17)15(2)11-12-5-8-14-9-6-12/h5-6,8-9,13H,3-4,7,10-11H2,1-2H3. The van der Waals surface area contributed by atoms with Crippen molar-refractivity contribution in [2.24, 2.45) is 0 Å². The summed E-state index contributed by atoms with van der Waals surface area (Å²) in [6.07, 6.45) is 3.97. The Bertz CT molecular complexity index is 434. The molecule has 0 aliphatic heterocycles. The number of hydrogen-bond acceptors (Lipinski definition) is 4. The molecule has 0 spiro atoms. The van der Waals surface area contributed by atoms with E-state index in [4.69, 9.17) is 0 Å². The van der Waals surface area contributed by atoms with E-state index >= 15 is 0 Å². The Hall–Kier alpha value is -0.980. The lowest BCUT2D eigenvalue weighted by Gasteiger charge is -2.17. The fourth-order valence-corrected chi connectivity index (χ4v) is 2.72. The van der Waals surface area contributed by atoms with Gasteiger partial charge >= 0.3 is 0 Å². The first-order valence-electron chi connectivity index (χ1n) is 6.10. The van der Waals surface area contributed by atoms with Crippen LogP contribution in [0.1, 0.15) is 18.9 Å². The average molecular weight is 271 g/mol. The lowest BCUT2D eigenvalue weighted by Crippen LogP contribution is -2.30. The van der Waals surface area contributed by atoms with E-state index in [0.29, 0.717) is 13.0 Å². The first kappa shape index (κ1) is 15.1. The van der Waals surface area contributed by atoms with Crippen molar-refractivity contribution < 1.29 is 8.42 Å². The molecule has 0 fully saturated rings. The molecule has 1 aromatic rings. The summed E-state index contributed by atoms with van der Waals surface area (Å²) < 4.78 is 25.4. The summed E-state index contributed by atoms with van der Waals surface area (Å²) in [6.45, 7) is 4.00. The van der Waals surface area contributed by atoms with Crippen molar-refractivity contribution in [3.8, 4) is 0 Å². The molecule has 0 aliphatic carbocycles. The molecule has 0 unspecified atom stereocenters. The van der Waals surface area contributed by atoms with Crippen LogP contribution in [0.5, 0.6) is 0 Å². The smallest absolute Gasteiger partial charge is 0.214 e. The SMILES string of the molecule is CCNCCCS(=O)(=O)N(C)Cc1ccncc1. The topological polar surface area (TPSA) is 62.3 Å². The van der Waals surface area contributed by atoms with Gasteiger partial charge in [0.15, 0.2) is 0 Å². The molecule has 0 amide bonds. The summed E-state index contributed by atoms with van der Waals surface area (Å²) >= 11 is 0. The van der Waals surface area contributed by atoms with Crippen LogP contribution in [0.2, 0.25) is 0 Å². The second kappa shape index (κ2) is 7.45. The van der Waals surface area contributed by atoms with E-state index in [9.17, 15) is 8.42 Å². The third-order valence-electron chi connectivity index (χ3n) is 2.64. The van der Waals surface area contributed by atoms with Crippen molar-refractivity contribution in [1.29, 1.82) is 0 Å². The molecule has 0 atom stereocenters. The molecule has 0 aliphatic rings. The number of rotatable bonds is 8. The van der Waals surface area contributed by atoms with Gasteiger partial charge in [-0.25, -0.2) is 12.7 Å². The highest BCUT2D eigenvalue weighted by Gasteiger charge is 2.17. The molecule has 6 heteroatoms. The highest BCUT2D eigenvalue weighted by molar-refractivity contribution is 7.89. The molecule has 0 bridgehead atoms. The van der Waals surface area contributed by atoms with Crippen molar-refractivity contribution in [2.45, 2.75) is 19.9 Å². The maximum Gasteiger partial charge on any atom is 0.214 e. The van der Waals surface area contributed by atoms with Gasteiger partial charge in [0.1, 0.15) is 0 Å². The molecule has 1 rings (SSSR count). The summed E-state index contributed by atoms with van der Waals surface area (Å²) in [5.74, 6) is 0.182. The molecule has 5 nitrogen and oxygen atoms in total. The van der Waals surface area contributed by atoms with Gasteiger partial charge in [0, 0.05) is 26.0 Å². The van der Waals surface area contributed by atoms with Gasteiger partial charge in [0.05, 0.1) is 5.75 Å². The van der Waals surface area contributed by atoms with Gasteiger partial charge in [-0.2, -0.15) is 0 Å². The van der Waals surface area contributed by atoms with Crippen LogP contribution in [-0.4, -0.2) is 43.6 Å². The molecular weight excluding hydrogens is 250 g/mol. The van der Waals surface area contributed by atoms with Gasteiger partial charge in [0.25, 0.3) is 0 Å². The van der Waals surface area contributed by atoms with E-state index < -0.39 is 10.0 Å². The molecule has 0 radical (unpaired) electrons. The Morgan fingerprint density at radius 1 is 1.33 bits per heavy atom. The first-order chi connectivity index (χ1) is 8.56. The molecular formula is C12H21N3O2S. The van der Waals surface area contributed by atoms with Crippen molar-refractivity contribution in [2.75, 3.05) is 25.9 Å². The summed E-state index contributed by atoms with van der Waals surface area (Å²) in [4.78, 5) is 3.91. The van der Waals surface area contributed by atoms with Gasteiger partial charge in [-0.1, -0.05) is 6.92 Å². The molecule has 0 saturated heterocycles. The van der Waals surface area contributed by atoms with E-state index in [1.54, 1.807) is 19.4 Å². The number of nitrogens with zero attached hydrogens (tertiary/aromatic N) is 2. The van der Waals surface area contributed by atoms with Gasteiger partial charge in [-0.05, 0) is 37.2 Å². The second-order valence-electron chi connectivity index (χ2n) is 4.13. The number of hydrogen-bond donors (Lipinski definition) is 1. The Morgan fingerprint density at radius 2 is 2.00 bits per heavy atom. The molecule has 1 N–H and O–H groups in total. The molecule has 0 aromatic carbocycles. The predicted octanol–water partition coefficient (Wildman–Crippen LogP) is 0.843. The molecule has 1 heterocycles. The van der Waals surface area contributed by atoms with Gasteiger partial charge in [-0.15, -0.1) is 0 Å². The number of sulfonamides is 1. The maximum atomic E-state index is 12.0. The highest BCUT2D eigenvalue weighted by atomic mass is 32.2. The number of pyridine rings is 1. The maximum absolute atomic E-state index is 12.0. The number of nitrogens with one attached hydrogen (secondary N) is 1. The minimum absolute atomic E-state index is 0.182. The first-order valence-corrected chi connectivity index (χ1v) is 7.71. The molecule has 1 aromatic heterocycles. The van der Waals surface area contributed by atoms with E-state index in [2.05, 4.69) is 10.3 Å². The van der Waals surface area contributed by atoms with Gasteiger partial charge in [0.2, 0.25) is 10.0 Å². The van der Waals surface area contributed by atoms with Crippen LogP contribution in [0.4, 0.5) is 0 Å². The summed E-state index contributed by atoms with van der Waals surface area (Å²) in [5, 5.41) is 3.12. The Balaban J connectivity index is 2.46. The fraction of sp³-hybridized carbons (Fsp3) is 0.583. The van der Waals surface area contributed by atoms with Crippen LogP contribution in [0, 0.1) is 0 Å². The van der Waals surface area contributed by atoms with E-state index in [1.165, 1.54) is 4.31 Å². The van der Waals surface area contributed by atoms with Crippen molar-refractivity contribution in [3.63, 3.8) is 0 Å². The van der Waals surface area contributed by atoms with E-state index in [-0.39, 0.29) is 5.75 Å². The number of aromatic nitrogens is 1. The minimum Gasteiger partial charge on any atom is -0.317 e. The molecule has 102 valence electrons. The fourth-order valence-electron chi connectivity index (χ4n) is 1.56. The third kappa shape index (κ3) is 5.12. The highest BCUT2D eigenvalue weighted by Crippen LogP contribution is 2.07. The van der Waals surface area contributed by atoms with Crippen LogP contribution in [-0.2, 0) is 16.6 Å². The average Bonchev–Trinajstić information content (AvgIpc) is 2.36. The predicted molar refractivity (Wildman–Crippen MR) is 72.7 cm³/mol. The Kier molecular flexibility index (Phi) is 6.24.